The van der Waals surface area contributed by atoms with Crippen LogP contribution in [-0.4, -0.2) is 0 Å². The van der Waals surface area contributed by atoms with Gasteiger partial charge in [-0.2, -0.15) is 0 Å². The van der Waals surface area contributed by atoms with Crippen LogP contribution in [0.2, 0.25) is 0 Å². The zero-order valence-corrected chi connectivity index (χ0v) is 11.6. The van der Waals surface area contributed by atoms with E-state index in [2.05, 4.69) is 66.1 Å². The molecule has 0 saturated heterocycles. The third-order valence-electron chi connectivity index (χ3n) is 2.93. The molecule has 1 aliphatic heterocycles. The first-order chi connectivity index (χ1) is 8.93. The van der Waals surface area contributed by atoms with Crippen molar-refractivity contribution in [2.75, 3.05) is 0 Å². The van der Waals surface area contributed by atoms with Gasteiger partial charge in [0, 0.05) is 15.0 Å². The number of rotatable bonds is 3. The second kappa shape index (κ2) is 5.68. The summed E-state index contributed by atoms with van der Waals surface area (Å²) in [5.74, 6) is 0. The standard InChI is InChI=1S/C16H14S2/c1-2-7-13(8-3-1)18-16-10-5-4-9-14(16)15-11-6-12-17-15/h1-10,12,15H,11H2. The average Bonchev–Trinajstić information content (AvgIpc) is 2.94. The van der Waals surface area contributed by atoms with Crippen molar-refractivity contribution in [1.82, 2.24) is 0 Å². The summed E-state index contributed by atoms with van der Waals surface area (Å²) in [6.07, 6.45) is 3.41. The van der Waals surface area contributed by atoms with E-state index >= 15 is 0 Å². The van der Waals surface area contributed by atoms with Crippen LogP contribution in [0.15, 0.2) is 75.9 Å². The Labute approximate surface area is 116 Å². The Balaban J connectivity index is 1.87. The maximum atomic E-state index is 2.26. The first kappa shape index (κ1) is 11.9. The Kier molecular flexibility index (Phi) is 3.77. The van der Waals surface area contributed by atoms with Crippen LogP contribution in [-0.2, 0) is 0 Å². The van der Waals surface area contributed by atoms with Crippen LogP contribution < -0.4 is 0 Å². The minimum absolute atomic E-state index is 0.595. The van der Waals surface area contributed by atoms with Gasteiger partial charge in [-0.15, -0.1) is 11.8 Å². The number of allylic oxidation sites excluding steroid dienone is 1. The minimum atomic E-state index is 0.595. The van der Waals surface area contributed by atoms with Crippen molar-refractivity contribution in [1.29, 1.82) is 0 Å². The Bertz CT molecular complexity index is 538. The van der Waals surface area contributed by atoms with Gasteiger partial charge in [-0.05, 0) is 35.6 Å². The second-order valence-corrected chi connectivity index (χ2v) is 6.41. The fraction of sp³-hybridized carbons (Fsp3) is 0.125. The molecule has 0 fully saturated rings. The summed E-state index contributed by atoms with van der Waals surface area (Å²) in [4.78, 5) is 2.69. The van der Waals surface area contributed by atoms with E-state index in [0.29, 0.717) is 5.25 Å². The van der Waals surface area contributed by atoms with Crippen molar-refractivity contribution in [3.05, 3.63) is 71.6 Å². The molecule has 0 aromatic heterocycles. The lowest BCUT2D eigenvalue weighted by Crippen LogP contribution is -1.91. The first-order valence-electron chi connectivity index (χ1n) is 6.06. The van der Waals surface area contributed by atoms with Gasteiger partial charge in [0.1, 0.15) is 0 Å². The first-order valence-corrected chi connectivity index (χ1v) is 7.82. The molecular formula is C16H14S2. The zero-order valence-electron chi connectivity index (χ0n) is 9.95. The molecular weight excluding hydrogens is 256 g/mol. The number of hydrogen-bond donors (Lipinski definition) is 0. The van der Waals surface area contributed by atoms with Gasteiger partial charge in [0.05, 0.1) is 0 Å². The molecule has 0 radical (unpaired) electrons. The highest BCUT2D eigenvalue weighted by Gasteiger charge is 2.17. The van der Waals surface area contributed by atoms with Crippen molar-refractivity contribution >= 4 is 23.5 Å². The molecule has 2 aromatic carbocycles. The van der Waals surface area contributed by atoms with Crippen LogP contribution in [0.4, 0.5) is 0 Å². The van der Waals surface area contributed by atoms with E-state index in [1.165, 1.54) is 15.4 Å². The second-order valence-electron chi connectivity index (χ2n) is 4.19. The van der Waals surface area contributed by atoms with Gasteiger partial charge in [-0.1, -0.05) is 54.2 Å². The van der Waals surface area contributed by atoms with Gasteiger partial charge < -0.3 is 0 Å². The van der Waals surface area contributed by atoms with E-state index in [0.717, 1.165) is 6.42 Å². The molecule has 3 rings (SSSR count). The highest BCUT2D eigenvalue weighted by atomic mass is 32.2. The van der Waals surface area contributed by atoms with Gasteiger partial charge >= 0.3 is 0 Å². The number of hydrogen-bond acceptors (Lipinski definition) is 2. The topological polar surface area (TPSA) is 0 Å². The average molecular weight is 270 g/mol. The summed E-state index contributed by atoms with van der Waals surface area (Å²) >= 11 is 3.79. The predicted molar refractivity (Wildman–Crippen MR) is 81.1 cm³/mol. The molecule has 18 heavy (non-hydrogen) atoms. The van der Waals surface area contributed by atoms with E-state index in [1.54, 1.807) is 0 Å². The number of benzene rings is 2. The van der Waals surface area contributed by atoms with E-state index in [4.69, 9.17) is 0 Å². The predicted octanol–water partition coefficient (Wildman–Crippen LogP) is 5.53. The summed E-state index contributed by atoms with van der Waals surface area (Å²) < 4.78 is 0. The fourth-order valence-electron chi connectivity index (χ4n) is 2.04. The largest absolute Gasteiger partial charge is 0.126 e. The summed E-state index contributed by atoms with van der Waals surface area (Å²) in [6.45, 7) is 0. The molecule has 0 aliphatic carbocycles. The quantitative estimate of drug-likeness (QED) is 0.719. The third-order valence-corrected chi connectivity index (χ3v) is 5.15. The van der Waals surface area contributed by atoms with Crippen LogP contribution in [0.25, 0.3) is 0 Å². The SMILES string of the molecule is C1=CSC(c2ccccc2Sc2ccccc2)C1. The maximum Gasteiger partial charge on any atom is 0.0384 e. The highest BCUT2D eigenvalue weighted by Crippen LogP contribution is 2.43. The van der Waals surface area contributed by atoms with Gasteiger partial charge in [0.2, 0.25) is 0 Å². The third kappa shape index (κ3) is 2.65. The summed E-state index contributed by atoms with van der Waals surface area (Å²) in [6, 6.07) is 19.3. The van der Waals surface area contributed by atoms with Gasteiger partial charge in [-0.3, -0.25) is 0 Å². The number of thioether (sulfide) groups is 1. The Morgan fingerprint density at radius 3 is 2.50 bits per heavy atom. The molecule has 0 bridgehead atoms. The summed E-state index contributed by atoms with van der Waals surface area (Å²) in [7, 11) is 0. The van der Waals surface area contributed by atoms with Crippen LogP contribution in [0.3, 0.4) is 0 Å². The van der Waals surface area contributed by atoms with Crippen LogP contribution in [0.5, 0.6) is 0 Å². The van der Waals surface area contributed by atoms with E-state index in [9.17, 15) is 0 Å². The monoisotopic (exact) mass is 270 g/mol. The van der Waals surface area contributed by atoms with Crippen molar-refractivity contribution < 1.29 is 0 Å². The Hall–Kier alpha value is -1.12. The van der Waals surface area contributed by atoms with Crippen LogP contribution >= 0.6 is 23.5 Å². The molecule has 0 saturated carbocycles. The van der Waals surface area contributed by atoms with Crippen molar-refractivity contribution in [3.8, 4) is 0 Å². The Morgan fingerprint density at radius 1 is 0.944 bits per heavy atom. The molecule has 0 amide bonds. The van der Waals surface area contributed by atoms with Crippen LogP contribution in [0.1, 0.15) is 17.2 Å². The van der Waals surface area contributed by atoms with Gasteiger partial charge in [-0.25, -0.2) is 0 Å². The minimum Gasteiger partial charge on any atom is -0.126 e. The molecule has 1 aliphatic rings. The Morgan fingerprint density at radius 2 is 1.72 bits per heavy atom. The molecule has 2 aromatic rings. The van der Waals surface area contributed by atoms with E-state index < -0.39 is 0 Å². The van der Waals surface area contributed by atoms with E-state index in [1.807, 2.05) is 23.5 Å². The molecule has 0 spiro atoms. The molecule has 1 unspecified atom stereocenters. The van der Waals surface area contributed by atoms with E-state index in [-0.39, 0.29) is 0 Å². The summed E-state index contributed by atoms with van der Waals surface area (Å²) in [5, 5.41) is 2.81. The van der Waals surface area contributed by atoms with Crippen molar-refractivity contribution in [2.24, 2.45) is 0 Å². The molecule has 0 N–H and O–H groups in total. The smallest absolute Gasteiger partial charge is 0.0384 e. The summed E-state index contributed by atoms with van der Waals surface area (Å²) in [5.41, 5.74) is 1.46. The molecule has 0 nitrogen and oxygen atoms in total. The van der Waals surface area contributed by atoms with Crippen molar-refractivity contribution in [3.63, 3.8) is 0 Å². The maximum absolute atomic E-state index is 2.26. The lowest BCUT2D eigenvalue weighted by Gasteiger charge is -2.14. The fourth-order valence-corrected chi connectivity index (χ4v) is 4.12. The lowest BCUT2D eigenvalue weighted by molar-refractivity contribution is 0.959. The molecule has 1 heterocycles. The highest BCUT2D eigenvalue weighted by molar-refractivity contribution is 8.02. The van der Waals surface area contributed by atoms with Gasteiger partial charge in [0.15, 0.2) is 0 Å². The lowest BCUT2D eigenvalue weighted by atomic mass is 10.1. The molecule has 1 atom stereocenters. The van der Waals surface area contributed by atoms with Gasteiger partial charge in [0.25, 0.3) is 0 Å². The zero-order chi connectivity index (χ0) is 12.2. The van der Waals surface area contributed by atoms with Crippen LogP contribution in [0, 0.1) is 0 Å². The van der Waals surface area contributed by atoms with Crippen molar-refractivity contribution in [2.45, 2.75) is 21.5 Å². The molecule has 90 valence electrons. The molecule has 2 heteroatoms. The normalized spacial score (nSPS) is 18.1.